The van der Waals surface area contributed by atoms with Gasteiger partial charge in [-0.3, -0.25) is 4.79 Å². The standard InChI is InChI=1S/C35H43ClFNO5/c1-31-11-8-22(39)19-33(31)14-15-35(24(20-33)27(40)18-23-25(36)6-4-7-26(23)37)28(31)9-12-32(2)29(35)10-13-34(32)21-38(30(41)43-34)16-5-17-42-3/h4,6-7,14-15,20,22,28-29,39H,5,8-13,16-19,21H2,1-3H3. The van der Waals surface area contributed by atoms with E-state index in [2.05, 4.69) is 32.1 Å². The second kappa shape index (κ2) is 9.89. The molecule has 8 rings (SSSR count). The van der Waals surface area contributed by atoms with Gasteiger partial charge in [0.1, 0.15) is 11.4 Å². The number of benzene rings is 1. The van der Waals surface area contributed by atoms with Crippen molar-refractivity contribution in [1.29, 1.82) is 0 Å². The van der Waals surface area contributed by atoms with E-state index in [1.807, 2.05) is 4.90 Å². The molecule has 1 saturated heterocycles. The van der Waals surface area contributed by atoms with E-state index in [4.69, 9.17) is 21.1 Å². The minimum atomic E-state index is -0.617. The van der Waals surface area contributed by atoms with E-state index in [0.29, 0.717) is 26.1 Å². The van der Waals surface area contributed by atoms with Crippen molar-refractivity contribution in [3.63, 3.8) is 0 Å². The number of carbonyl (C=O) groups excluding carboxylic acids is 2. The largest absolute Gasteiger partial charge is 0.440 e. The molecule has 1 aromatic carbocycles. The first kappa shape index (κ1) is 29.5. The molecule has 1 aromatic rings. The summed E-state index contributed by atoms with van der Waals surface area (Å²) < 4.78 is 26.6. The average Bonchev–Trinajstić information content (AvgIpc) is 3.45. The number of methoxy groups -OCH3 is 1. The first-order valence-corrected chi connectivity index (χ1v) is 16.4. The summed E-state index contributed by atoms with van der Waals surface area (Å²) in [7, 11) is 1.67. The van der Waals surface area contributed by atoms with Crippen molar-refractivity contribution in [2.75, 3.05) is 26.8 Å². The number of allylic oxidation sites excluding steroid dienone is 4. The minimum absolute atomic E-state index is 0.0787. The second-order valence-corrected chi connectivity index (χ2v) is 15.1. The van der Waals surface area contributed by atoms with Gasteiger partial charge in [0.15, 0.2) is 5.78 Å². The molecule has 1 heterocycles. The topological polar surface area (TPSA) is 76.1 Å². The first-order chi connectivity index (χ1) is 20.5. The molecular formula is C35H43ClFNO5. The van der Waals surface area contributed by atoms with Gasteiger partial charge in [0.05, 0.1) is 12.6 Å². The number of ether oxygens (including phenoxy) is 2. The zero-order valence-electron chi connectivity index (χ0n) is 25.5. The number of rotatable bonds is 7. The predicted octanol–water partition coefficient (Wildman–Crippen LogP) is 6.68. The lowest BCUT2D eigenvalue weighted by molar-refractivity contribution is -0.168. The van der Waals surface area contributed by atoms with Crippen LogP contribution in [-0.2, 0) is 20.7 Å². The molecule has 2 bridgehead atoms. The molecule has 1 aliphatic heterocycles. The Morgan fingerprint density at radius 1 is 1.14 bits per heavy atom. The Balaban J connectivity index is 1.32. The zero-order chi connectivity index (χ0) is 30.4. The average molecular weight is 612 g/mol. The Hall–Kier alpha value is -2.22. The van der Waals surface area contributed by atoms with Crippen molar-refractivity contribution in [3.05, 3.63) is 58.4 Å². The lowest BCUT2D eigenvalue weighted by Crippen LogP contribution is -2.67. The van der Waals surface area contributed by atoms with Gasteiger partial charge in [-0.1, -0.05) is 49.7 Å². The Labute approximate surface area is 258 Å². The van der Waals surface area contributed by atoms with E-state index in [-0.39, 0.29) is 51.5 Å². The maximum atomic E-state index is 15.0. The van der Waals surface area contributed by atoms with Gasteiger partial charge >= 0.3 is 6.09 Å². The van der Waals surface area contributed by atoms with Crippen molar-refractivity contribution < 1.29 is 28.6 Å². The number of amides is 1. The van der Waals surface area contributed by atoms with Crippen LogP contribution in [0.15, 0.2) is 42.0 Å². The van der Waals surface area contributed by atoms with Crippen molar-refractivity contribution >= 4 is 23.5 Å². The van der Waals surface area contributed by atoms with Crippen LogP contribution in [0.2, 0.25) is 5.02 Å². The Morgan fingerprint density at radius 3 is 2.65 bits per heavy atom. The van der Waals surface area contributed by atoms with Crippen LogP contribution in [0.4, 0.5) is 9.18 Å². The fraction of sp³-hybridized carbons (Fsp3) is 0.657. The number of Topliss-reactive ketones (excluding diaryl/α,β-unsaturated/α-hetero) is 1. The smallest absolute Gasteiger partial charge is 0.410 e. The molecular weight excluding hydrogens is 569 g/mol. The molecule has 8 unspecified atom stereocenters. The van der Waals surface area contributed by atoms with Crippen molar-refractivity contribution in [3.8, 4) is 0 Å². The van der Waals surface area contributed by atoms with Gasteiger partial charge < -0.3 is 19.5 Å². The van der Waals surface area contributed by atoms with Crippen molar-refractivity contribution in [1.82, 2.24) is 4.90 Å². The van der Waals surface area contributed by atoms with E-state index in [0.717, 1.165) is 50.5 Å². The van der Waals surface area contributed by atoms with Gasteiger partial charge in [0.2, 0.25) is 0 Å². The molecule has 0 radical (unpaired) electrons. The molecule has 1 amide bonds. The molecule has 43 heavy (non-hydrogen) atoms. The Morgan fingerprint density at radius 2 is 1.88 bits per heavy atom. The summed E-state index contributed by atoms with van der Waals surface area (Å²) >= 11 is 6.42. The molecule has 4 fully saturated rings. The molecule has 8 heteroatoms. The molecule has 232 valence electrons. The molecule has 3 spiro atoms. The lowest BCUT2D eigenvalue weighted by Gasteiger charge is -2.71. The SMILES string of the molecule is COCCCN1CC2(CCC3C45C=CC6(C=C4C(=O)Cc4c(F)cccc4Cl)CC(O)CCC6(C)C5CCC32C)OC1=O. The maximum Gasteiger partial charge on any atom is 0.410 e. The third-order valence-corrected chi connectivity index (χ3v) is 13.5. The first-order valence-electron chi connectivity index (χ1n) is 16.0. The quantitative estimate of drug-likeness (QED) is 0.275. The number of halogens is 2. The molecule has 6 nitrogen and oxygen atoms in total. The van der Waals surface area contributed by atoms with E-state index >= 15 is 0 Å². The van der Waals surface area contributed by atoms with Crippen LogP contribution in [0.1, 0.15) is 70.8 Å². The number of aliphatic hydroxyl groups is 1. The molecule has 3 saturated carbocycles. The summed E-state index contributed by atoms with van der Waals surface area (Å²) in [5.41, 5.74) is -1.07. The molecule has 7 aliphatic rings. The van der Waals surface area contributed by atoms with Gasteiger partial charge in [-0.15, -0.1) is 0 Å². The number of aliphatic hydroxyl groups excluding tert-OH is 1. The van der Waals surface area contributed by atoms with E-state index in [1.54, 1.807) is 19.2 Å². The summed E-state index contributed by atoms with van der Waals surface area (Å²) in [6.07, 6.45) is 12.4. The number of hydrogen-bond donors (Lipinski definition) is 1. The fourth-order valence-electron chi connectivity index (χ4n) is 11.0. The highest BCUT2D eigenvalue weighted by Crippen LogP contribution is 2.79. The molecule has 1 N–H and O–H groups in total. The van der Waals surface area contributed by atoms with Crippen LogP contribution in [-0.4, -0.2) is 60.4 Å². The minimum Gasteiger partial charge on any atom is -0.440 e. The number of carbonyl (C=O) groups is 2. The van der Waals surface area contributed by atoms with E-state index in [9.17, 15) is 19.1 Å². The molecule has 8 atom stereocenters. The molecule has 0 aromatic heterocycles. The fourth-order valence-corrected chi connectivity index (χ4v) is 11.2. The summed E-state index contributed by atoms with van der Waals surface area (Å²) in [5, 5.41) is 11.1. The van der Waals surface area contributed by atoms with Gasteiger partial charge in [-0.2, -0.15) is 0 Å². The number of fused-ring (bicyclic) bond motifs is 2. The normalized spacial score (nSPS) is 42.5. The highest BCUT2D eigenvalue weighted by Gasteiger charge is 2.76. The van der Waals surface area contributed by atoms with Crippen molar-refractivity contribution in [2.45, 2.75) is 83.3 Å². The van der Waals surface area contributed by atoms with Gasteiger partial charge in [0, 0.05) is 59.1 Å². The monoisotopic (exact) mass is 611 g/mol. The highest BCUT2D eigenvalue weighted by molar-refractivity contribution is 6.31. The van der Waals surface area contributed by atoms with Crippen LogP contribution < -0.4 is 0 Å². The third-order valence-electron chi connectivity index (χ3n) is 13.1. The van der Waals surface area contributed by atoms with Crippen LogP contribution in [0.5, 0.6) is 0 Å². The number of hydrogen-bond acceptors (Lipinski definition) is 5. The van der Waals surface area contributed by atoms with Crippen LogP contribution >= 0.6 is 11.6 Å². The Bertz CT molecular complexity index is 1410. The van der Waals surface area contributed by atoms with Crippen LogP contribution in [0, 0.1) is 39.3 Å². The molecule has 6 aliphatic carbocycles. The third kappa shape index (κ3) is 3.83. The maximum absolute atomic E-state index is 15.0. The van der Waals surface area contributed by atoms with Crippen LogP contribution in [0.3, 0.4) is 0 Å². The van der Waals surface area contributed by atoms with Gasteiger partial charge in [-0.25, -0.2) is 9.18 Å². The van der Waals surface area contributed by atoms with E-state index in [1.165, 1.54) is 6.07 Å². The highest BCUT2D eigenvalue weighted by atomic mass is 35.5. The van der Waals surface area contributed by atoms with Gasteiger partial charge in [-0.05, 0) is 80.8 Å². The zero-order valence-corrected chi connectivity index (χ0v) is 26.2. The number of nitrogens with zero attached hydrogens (tertiary/aromatic N) is 1. The lowest BCUT2D eigenvalue weighted by atomic mass is 9.32. The number of ketones is 1. The summed E-state index contributed by atoms with van der Waals surface area (Å²) in [4.78, 5) is 29.6. The summed E-state index contributed by atoms with van der Waals surface area (Å²) in [6.45, 7) is 6.39. The summed E-state index contributed by atoms with van der Waals surface area (Å²) in [5.74, 6) is -0.295. The predicted molar refractivity (Wildman–Crippen MR) is 161 cm³/mol. The van der Waals surface area contributed by atoms with Gasteiger partial charge in [0.25, 0.3) is 0 Å². The van der Waals surface area contributed by atoms with E-state index < -0.39 is 28.4 Å². The second-order valence-electron chi connectivity index (χ2n) is 14.7. The Kier molecular flexibility index (Phi) is 6.78. The van der Waals surface area contributed by atoms with Crippen LogP contribution in [0.25, 0.3) is 0 Å². The summed E-state index contributed by atoms with van der Waals surface area (Å²) in [6, 6.07) is 4.55. The van der Waals surface area contributed by atoms with Crippen molar-refractivity contribution in [2.24, 2.45) is 33.5 Å².